The van der Waals surface area contributed by atoms with Gasteiger partial charge >= 0.3 is 5.97 Å². The van der Waals surface area contributed by atoms with Crippen molar-refractivity contribution in [3.05, 3.63) is 29.8 Å². The fraction of sp³-hybridized carbons (Fsp3) is 0.385. The topological polar surface area (TPSA) is 80.8 Å². The molecule has 1 aromatic carbocycles. The Hall–Kier alpha value is -1.89. The maximum absolute atomic E-state index is 12.4. The minimum absolute atomic E-state index is 0.00884. The first-order chi connectivity index (χ1) is 9.37. The molecule has 1 amide bonds. The van der Waals surface area contributed by atoms with Crippen LogP contribution < -0.4 is 0 Å². The Balaban J connectivity index is 2.30. The Kier molecular flexibility index (Phi) is 3.80. The molecule has 108 valence electrons. The van der Waals surface area contributed by atoms with Crippen LogP contribution in [0.5, 0.6) is 0 Å². The second-order valence-corrected chi connectivity index (χ2v) is 6.29. The molecule has 1 atom stereocenters. The molecule has 0 radical (unpaired) electrons. The van der Waals surface area contributed by atoms with Gasteiger partial charge in [-0.15, -0.1) is 0 Å². The van der Waals surface area contributed by atoms with Gasteiger partial charge in [0.05, 0.1) is 17.9 Å². The third-order valence-electron chi connectivity index (χ3n) is 3.03. The predicted molar refractivity (Wildman–Crippen MR) is 70.2 cm³/mol. The number of aryl methyl sites for hydroxylation is 1. The lowest BCUT2D eigenvalue weighted by atomic mass is 10.1. The number of sulfonamides is 1. The van der Waals surface area contributed by atoms with Gasteiger partial charge < -0.3 is 4.74 Å². The molecule has 1 aliphatic rings. The quantitative estimate of drug-likeness (QED) is 0.608. The Morgan fingerprint density at radius 1 is 1.35 bits per heavy atom. The highest BCUT2D eigenvalue weighted by Gasteiger charge is 2.49. The van der Waals surface area contributed by atoms with Crippen LogP contribution in [0.15, 0.2) is 29.2 Å². The molecule has 1 saturated heterocycles. The molecule has 2 rings (SSSR count). The van der Waals surface area contributed by atoms with Crippen molar-refractivity contribution in [1.29, 1.82) is 0 Å². The second-order valence-electron chi connectivity index (χ2n) is 4.48. The summed E-state index contributed by atoms with van der Waals surface area (Å²) in [6, 6.07) is 5.05. The van der Waals surface area contributed by atoms with Crippen molar-refractivity contribution in [3.8, 4) is 0 Å². The number of amides is 1. The first kappa shape index (κ1) is 14.5. The lowest BCUT2D eigenvalue weighted by molar-refractivity contribution is -0.159. The van der Waals surface area contributed by atoms with Crippen molar-refractivity contribution in [2.45, 2.75) is 31.2 Å². The standard InChI is InChI=1S/C13H15NO5S/c1-3-19-13(16)11-8-12(15)14(11)20(17,18)10-6-4-9(2)5-7-10/h4-7,11H,3,8H2,1-2H3. The highest BCUT2D eigenvalue weighted by atomic mass is 32.2. The zero-order valence-corrected chi connectivity index (χ0v) is 12.0. The van der Waals surface area contributed by atoms with E-state index in [1.54, 1.807) is 19.1 Å². The molecule has 0 saturated carbocycles. The van der Waals surface area contributed by atoms with E-state index in [9.17, 15) is 18.0 Å². The fourth-order valence-corrected chi connectivity index (χ4v) is 3.49. The average molecular weight is 297 g/mol. The van der Waals surface area contributed by atoms with Gasteiger partial charge in [0, 0.05) is 0 Å². The average Bonchev–Trinajstić information content (AvgIpc) is 2.35. The molecule has 0 N–H and O–H groups in total. The summed E-state index contributed by atoms with van der Waals surface area (Å²) < 4.78 is 30.1. The van der Waals surface area contributed by atoms with Crippen molar-refractivity contribution in [3.63, 3.8) is 0 Å². The molecule has 1 fully saturated rings. The number of carbonyl (C=O) groups is 2. The summed E-state index contributed by atoms with van der Waals surface area (Å²) in [5.41, 5.74) is 0.904. The maximum Gasteiger partial charge on any atom is 0.330 e. The van der Waals surface area contributed by atoms with Gasteiger partial charge in [-0.25, -0.2) is 17.5 Å². The largest absolute Gasteiger partial charge is 0.464 e. The third kappa shape index (κ3) is 2.40. The number of rotatable bonds is 4. The van der Waals surface area contributed by atoms with Gasteiger partial charge in [0.2, 0.25) is 5.91 Å². The molecule has 1 heterocycles. The number of hydrogen-bond donors (Lipinski definition) is 0. The highest BCUT2D eigenvalue weighted by Crippen LogP contribution is 2.29. The number of carbonyl (C=O) groups excluding carboxylic acids is 2. The number of benzene rings is 1. The molecule has 0 aliphatic carbocycles. The predicted octanol–water partition coefficient (Wildman–Crippen LogP) is 0.848. The maximum atomic E-state index is 12.4. The minimum Gasteiger partial charge on any atom is -0.464 e. The zero-order valence-electron chi connectivity index (χ0n) is 11.2. The van der Waals surface area contributed by atoms with Gasteiger partial charge in [-0.2, -0.15) is 0 Å². The van der Waals surface area contributed by atoms with E-state index >= 15 is 0 Å². The SMILES string of the molecule is CCOC(=O)C1CC(=O)N1S(=O)(=O)c1ccc(C)cc1. The number of nitrogens with zero attached hydrogens (tertiary/aromatic N) is 1. The monoisotopic (exact) mass is 297 g/mol. The molecule has 1 aromatic rings. The van der Waals surface area contributed by atoms with Gasteiger partial charge in [-0.3, -0.25) is 4.79 Å². The van der Waals surface area contributed by atoms with Crippen LogP contribution in [0.3, 0.4) is 0 Å². The van der Waals surface area contributed by atoms with Crippen LogP contribution in [0.1, 0.15) is 18.9 Å². The van der Waals surface area contributed by atoms with Gasteiger partial charge in [-0.1, -0.05) is 17.7 Å². The smallest absolute Gasteiger partial charge is 0.330 e. The number of ether oxygens (including phenoxy) is 1. The Bertz CT molecular complexity index is 635. The number of esters is 1. The highest BCUT2D eigenvalue weighted by molar-refractivity contribution is 7.89. The van der Waals surface area contributed by atoms with Crippen LogP contribution in [0.25, 0.3) is 0 Å². The van der Waals surface area contributed by atoms with Gasteiger partial charge in [0.15, 0.2) is 6.04 Å². The van der Waals surface area contributed by atoms with Gasteiger partial charge in [0.1, 0.15) is 0 Å². The van der Waals surface area contributed by atoms with E-state index in [-0.39, 0.29) is 17.9 Å². The number of hydrogen-bond acceptors (Lipinski definition) is 5. The van der Waals surface area contributed by atoms with Crippen LogP contribution in [-0.4, -0.2) is 37.2 Å². The second kappa shape index (κ2) is 5.24. The first-order valence-corrected chi connectivity index (χ1v) is 7.62. The Morgan fingerprint density at radius 2 is 1.95 bits per heavy atom. The lowest BCUT2D eigenvalue weighted by Crippen LogP contribution is -2.59. The Morgan fingerprint density at radius 3 is 2.45 bits per heavy atom. The van der Waals surface area contributed by atoms with Crippen LogP contribution in [-0.2, 0) is 24.3 Å². The molecule has 7 heteroatoms. The third-order valence-corrected chi connectivity index (χ3v) is 4.88. The van der Waals surface area contributed by atoms with E-state index in [1.807, 2.05) is 6.92 Å². The Labute approximate surface area is 117 Å². The summed E-state index contributed by atoms with van der Waals surface area (Å²) in [4.78, 5) is 23.2. The molecule has 0 spiro atoms. The molecule has 0 aromatic heterocycles. The molecule has 1 aliphatic heterocycles. The summed E-state index contributed by atoms with van der Waals surface area (Å²) in [5.74, 6) is -1.29. The summed E-state index contributed by atoms with van der Waals surface area (Å²) in [6.45, 7) is 3.59. The van der Waals surface area contributed by atoms with Crippen molar-refractivity contribution in [2.24, 2.45) is 0 Å². The van der Waals surface area contributed by atoms with Gasteiger partial charge in [-0.05, 0) is 26.0 Å². The van der Waals surface area contributed by atoms with Gasteiger partial charge in [0.25, 0.3) is 10.0 Å². The molecular formula is C13H15NO5S. The van der Waals surface area contributed by atoms with Crippen LogP contribution in [0.4, 0.5) is 0 Å². The fourth-order valence-electron chi connectivity index (χ4n) is 1.94. The van der Waals surface area contributed by atoms with Crippen molar-refractivity contribution in [1.82, 2.24) is 4.31 Å². The first-order valence-electron chi connectivity index (χ1n) is 6.18. The van der Waals surface area contributed by atoms with Crippen LogP contribution in [0, 0.1) is 6.92 Å². The molecule has 1 unspecified atom stereocenters. The molecule has 6 nitrogen and oxygen atoms in total. The van der Waals surface area contributed by atoms with E-state index in [2.05, 4.69) is 0 Å². The lowest BCUT2D eigenvalue weighted by Gasteiger charge is -2.37. The molecule has 20 heavy (non-hydrogen) atoms. The van der Waals surface area contributed by atoms with E-state index < -0.39 is 27.9 Å². The van der Waals surface area contributed by atoms with E-state index in [0.717, 1.165) is 5.56 Å². The summed E-state index contributed by atoms with van der Waals surface area (Å²) in [7, 11) is -4.00. The van der Waals surface area contributed by atoms with E-state index in [1.165, 1.54) is 12.1 Å². The summed E-state index contributed by atoms with van der Waals surface area (Å²) in [6.07, 6.45) is -0.135. The molecule has 0 bridgehead atoms. The normalized spacial score (nSPS) is 18.6. The zero-order chi connectivity index (χ0) is 14.9. The number of β-lactam (4-membered cyclic amide) rings is 1. The van der Waals surface area contributed by atoms with Crippen LogP contribution in [0.2, 0.25) is 0 Å². The van der Waals surface area contributed by atoms with Crippen molar-refractivity contribution in [2.75, 3.05) is 6.61 Å². The summed E-state index contributed by atoms with van der Waals surface area (Å²) in [5, 5.41) is 0. The van der Waals surface area contributed by atoms with Crippen molar-refractivity contribution >= 4 is 21.9 Å². The molecular weight excluding hydrogens is 282 g/mol. The summed E-state index contributed by atoms with van der Waals surface area (Å²) >= 11 is 0. The minimum atomic E-state index is -4.00. The van der Waals surface area contributed by atoms with E-state index in [0.29, 0.717) is 4.31 Å². The van der Waals surface area contributed by atoms with E-state index in [4.69, 9.17) is 4.74 Å². The van der Waals surface area contributed by atoms with Crippen LogP contribution >= 0.6 is 0 Å². The van der Waals surface area contributed by atoms with Crippen molar-refractivity contribution < 1.29 is 22.7 Å².